The molecule has 2 aromatic carbocycles. The van der Waals surface area contributed by atoms with Crippen LogP contribution in [0.3, 0.4) is 0 Å². The van der Waals surface area contributed by atoms with E-state index in [-0.39, 0.29) is 18.1 Å². The second-order valence-electron chi connectivity index (χ2n) is 9.25. The second kappa shape index (κ2) is 12.2. The van der Waals surface area contributed by atoms with Crippen molar-refractivity contribution < 1.29 is 14.3 Å². The molecule has 2 aliphatic heterocycles. The summed E-state index contributed by atoms with van der Waals surface area (Å²) in [7, 11) is 1.78. The molecule has 0 radical (unpaired) electrons. The third kappa shape index (κ3) is 6.36. The van der Waals surface area contributed by atoms with Crippen molar-refractivity contribution in [3.05, 3.63) is 65.7 Å². The molecule has 5 nitrogen and oxygen atoms in total. The van der Waals surface area contributed by atoms with Gasteiger partial charge in [0.15, 0.2) is 0 Å². The molecule has 2 aliphatic rings. The summed E-state index contributed by atoms with van der Waals surface area (Å²) in [5.74, 6) is 0.778. The number of piperidine rings is 1. The molecule has 0 N–H and O–H groups in total. The fraction of sp³-hybridized carbons (Fsp3) is 0.536. The Balaban J connectivity index is 1.46. The summed E-state index contributed by atoms with van der Waals surface area (Å²) in [5.41, 5.74) is 2.07. The van der Waals surface area contributed by atoms with Gasteiger partial charge in [0.25, 0.3) is 5.91 Å². The van der Waals surface area contributed by atoms with E-state index in [4.69, 9.17) is 9.47 Å². The van der Waals surface area contributed by atoms with E-state index in [1.54, 1.807) is 7.11 Å². The Kier molecular flexibility index (Phi) is 8.79. The largest absolute Gasteiger partial charge is 0.491 e. The summed E-state index contributed by atoms with van der Waals surface area (Å²) in [6, 6.07) is 18.6. The number of para-hydroxylation sites is 1. The highest BCUT2D eigenvalue weighted by molar-refractivity contribution is 5.97. The first-order valence-electron chi connectivity index (χ1n) is 12.6. The van der Waals surface area contributed by atoms with E-state index >= 15 is 0 Å². The SMILES string of the molecule is CO[C@H]1CCCN2C(=O)c3ccccc3OCCN(CCCc3ccccc3)CCCC[C@@H]12. The number of carbonyl (C=O) groups is 1. The van der Waals surface area contributed by atoms with Crippen LogP contribution in [0.5, 0.6) is 5.75 Å². The van der Waals surface area contributed by atoms with E-state index < -0.39 is 0 Å². The molecule has 2 atom stereocenters. The van der Waals surface area contributed by atoms with Crippen LogP contribution in [0.15, 0.2) is 54.6 Å². The van der Waals surface area contributed by atoms with Gasteiger partial charge in [0.2, 0.25) is 0 Å². The van der Waals surface area contributed by atoms with Crippen molar-refractivity contribution in [2.75, 3.05) is 39.9 Å². The Bertz CT molecular complexity index is 872. The van der Waals surface area contributed by atoms with Crippen LogP contribution in [0, 0.1) is 0 Å². The number of ether oxygens (including phenoxy) is 2. The van der Waals surface area contributed by atoms with Gasteiger partial charge in [-0.3, -0.25) is 9.69 Å². The fourth-order valence-corrected chi connectivity index (χ4v) is 5.27. The number of nitrogens with zero attached hydrogens (tertiary/aromatic N) is 2. The van der Waals surface area contributed by atoms with Gasteiger partial charge in [0.05, 0.1) is 17.7 Å². The predicted octanol–water partition coefficient (Wildman–Crippen LogP) is 4.80. The number of amides is 1. The fourth-order valence-electron chi connectivity index (χ4n) is 5.27. The van der Waals surface area contributed by atoms with Crippen molar-refractivity contribution in [2.45, 2.75) is 57.1 Å². The molecule has 0 bridgehead atoms. The lowest BCUT2D eigenvalue weighted by molar-refractivity contribution is -0.0155. The summed E-state index contributed by atoms with van der Waals surface area (Å²) in [5, 5.41) is 0. The summed E-state index contributed by atoms with van der Waals surface area (Å²) in [6.45, 7) is 4.40. The van der Waals surface area contributed by atoms with Gasteiger partial charge < -0.3 is 14.4 Å². The molecule has 2 heterocycles. The molecule has 33 heavy (non-hydrogen) atoms. The molecule has 0 saturated carbocycles. The van der Waals surface area contributed by atoms with Crippen molar-refractivity contribution in [3.8, 4) is 5.75 Å². The van der Waals surface area contributed by atoms with Crippen LogP contribution in [-0.2, 0) is 11.2 Å². The molecule has 4 rings (SSSR count). The molecule has 1 saturated heterocycles. The molecule has 0 aromatic heterocycles. The highest BCUT2D eigenvalue weighted by atomic mass is 16.5. The topological polar surface area (TPSA) is 42.0 Å². The normalized spacial score (nSPS) is 22.8. The van der Waals surface area contributed by atoms with Crippen molar-refractivity contribution >= 4 is 5.91 Å². The van der Waals surface area contributed by atoms with Crippen molar-refractivity contribution in [3.63, 3.8) is 0 Å². The first-order chi connectivity index (χ1) is 16.3. The molecular weight excluding hydrogens is 412 g/mol. The van der Waals surface area contributed by atoms with Gasteiger partial charge in [0, 0.05) is 20.2 Å². The molecule has 1 amide bonds. The van der Waals surface area contributed by atoms with Crippen LogP contribution in [-0.4, -0.2) is 67.7 Å². The average Bonchev–Trinajstić information content (AvgIpc) is 2.87. The summed E-state index contributed by atoms with van der Waals surface area (Å²) < 4.78 is 12.0. The monoisotopic (exact) mass is 450 g/mol. The van der Waals surface area contributed by atoms with E-state index in [0.29, 0.717) is 17.9 Å². The predicted molar refractivity (Wildman–Crippen MR) is 132 cm³/mol. The first kappa shape index (κ1) is 23.8. The molecule has 5 heteroatoms. The number of aryl methyl sites for hydroxylation is 1. The minimum absolute atomic E-state index is 0.0799. The van der Waals surface area contributed by atoms with E-state index in [9.17, 15) is 4.79 Å². The number of methoxy groups -OCH3 is 1. The zero-order chi connectivity index (χ0) is 22.9. The molecule has 0 aliphatic carbocycles. The maximum Gasteiger partial charge on any atom is 0.257 e. The van der Waals surface area contributed by atoms with Crippen LogP contribution < -0.4 is 4.74 Å². The lowest BCUT2D eigenvalue weighted by Crippen LogP contribution is -2.51. The van der Waals surface area contributed by atoms with Crippen LogP contribution in [0.4, 0.5) is 0 Å². The van der Waals surface area contributed by atoms with E-state index in [1.807, 2.05) is 24.3 Å². The number of benzene rings is 2. The minimum Gasteiger partial charge on any atom is -0.491 e. The lowest BCUT2D eigenvalue weighted by Gasteiger charge is -2.41. The Morgan fingerprint density at radius 1 is 0.939 bits per heavy atom. The van der Waals surface area contributed by atoms with Crippen LogP contribution in [0.2, 0.25) is 0 Å². The molecule has 2 aromatic rings. The smallest absolute Gasteiger partial charge is 0.257 e. The zero-order valence-electron chi connectivity index (χ0n) is 20.0. The Morgan fingerprint density at radius 3 is 2.61 bits per heavy atom. The Hall–Kier alpha value is -2.37. The van der Waals surface area contributed by atoms with Crippen LogP contribution >= 0.6 is 0 Å². The van der Waals surface area contributed by atoms with Gasteiger partial charge in [-0.25, -0.2) is 0 Å². The third-order valence-electron chi connectivity index (χ3n) is 7.07. The summed E-state index contributed by atoms with van der Waals surface area (Å²) in [6.07, 6.45) is 7.59. The first-order valence-corrected chi connectivity index (χ1v) is 12.6. The van der Waals surface area contributed by atoms with Gasteiger partial charge >= 0.3 is 0 Å². The summed E-state index contributed by atoms with van der Waals surface area (Å²) >= 11 is 0. The highest BCUT2D eigenvalue weighted by Gasteiger charge is 2.35. The van der Waals surface area contributed by atoms with Crippen LogP contribution in [0.1, 0.15) is 54.4 Å². The Labute approximate surface area is 198 Å². The van der Waals surface area contributed by atoms with Gasteiger partial charge in [-0.1, -0.05) is 48.9 Å². The zero-order valence-corrected chi connectivity index (χ0v) is 20.0. The maximum atomic E-state index is 13.6. The van der Waals surface area contributed by atoms with Crippen molar-refractivity contribution in [1.82, 2.24) is 9.80 Å². The third-order valence-corrected chi connectivity index (χ3v) is 7.07. The van der Waals surface area contributed by atoms with Crippen molar-refractivity contribution in [1.29, 1.82) is 0 Å². The second-order valence-corrected chi connectivity index (χ2v) is 9.25. The van der Waals surface area contributed by atoms with Crippen LogP contribution in [0.25, 0.3) is 0 Å². The number of rotatable bonds is 5. The highest BCUT2D eigenvalue weighted by Crippen LogP contribution is 2.29. The number of fused-ring (bicyclic) bond motifs is 2. The minimum atomic E-state index is 0.0799. The standard InChI is InChI=1S/C28H38N2O3/c1-32-27-17-10-20-30-25(27)15-7-8-18-29(19-9-13-23-11-3-2-4-12-23)21-22-33-26-16-6-5-14-24(26)28(30)31/h2-6,11-12,14,16,25,27H,7-10,13,15,17-22H2,1H3/t25-,27-/m0/s1. The lowest BCUT2D eigenvalue weighted by atomic mass is 9.93. The van der Waals surface area contributed by atoms with E-state index in [1.165, 1.54) is 5.56 Å². The average molecular weight is 451 g/mol. The van der Waals surface area contributed by atoms with Gasteiger partial charge in [-0.2, -0.15) is 0 Å². The molecule has 178 valence electrons. The molecule has 1 fully saturated rings. The quantitative estimate of drug-likeness (QED) is 0.656. The number of hydrogen-bond donors (Lipinski definition) is 0. The molecule has 0 unspecified atom stereocenters. The number of hydrogen-bond acceptors (Lipinski definition) is 4. The molecular formula is C28H38N2O3. The van der Waals surface area contributed by atoms with E-state index in [2.05, 4.69) is 40.1 Å². The van der Waals surface area contributed by atoms with Gasteiger partial charge in [0.1, 0.15) is 12.4 Å². The Morgan fingerprint density at radius 2 is 1.76 bits per heavy atom. The maximum absolute atomic E-state index is 13.6. The number of carbonyl (C=O) groups excluding carboxylic acids is 1. The molecule has 0 spiro atoms. The van der Waals surface area contributed by atoms with Gasteiger partial charge in [-0.05, 0) is 69.3 Å². The van der Waals surface area contributed by atoms with Crippen molar-refractivity contribution in [2.24, 2.45) is 0 Å². The summed E-state index contributed by atoms with van der Waals surface area (Å²) in [4.78, 5) is 18.1. The van der Waals surface area contributed by atoms with E-state index in [0.717, 1.165) is 71.1 Å². The van der Waals surface area contributed by atoms with Gasteiger partial charge in [-0.15, -0.1) is 0 Å².